The second-order valence-electron chi connectivity index (χ2n) is 4.12. The third-order valence-corrected chi connectivity index (χ3v) is 4.14. The molecule has 0 atom stereocenters. The van der Waals surface area contributed by atoms with Gasteiger partial charge in [-0.2, -0.15) is 8.42 Å². The van der Waals surface area contributed by atoms with Gasteiger partial charge in [0.25, 0.3) is 0 Å². The summed E-state index contributed by atoms with van der Waals surface area (Å²) in [5.74, 6) is 0.322. The minimum atomic E-state index is -4.29. The van der Waals surface area contributed by atoms with Crippen LogP contribution in [0.15, 0.2) is 30.3 Å². The van der Waals surface area contributed by atoms with Gasteiger partial charge >= 0.3 is 10.2 Å². The molecule has 82 valence electrons. The first-order valence-electron chi connectivity index (χ1n) is 5.03. The van der Waals surface area contributed by atoms with Gasteiger partial charge in [0.1, 0.15) is 0 Å². The van der Waals surface area contributed by atoms with Crippen molar-refractivity contribution in [2.45, 2.75) is 24.5 Å². The number of hydrogen-bond donors (Lipinski definition) is 0. The van der Waals surface area contributed by atoms with Crippen molar-refractivity contribution >= 4 is 10.2 Å². The first kappa shape index (κ1) is 10.6. The Labute approximate surface area is 89.3 Å². The third kappa shape index (κ3) is 2.56. The molecule has 0 unspecified atom stereocenters. The highest BCUT2D eigenvalue weighted by Crippen LogP contribution is 2.35. The number of rotatable bonds is 3. The Morgan fingerprint density at radius 1 is 1.20 bits per heavy atom. The SMILES string of the molecule is O=S(=O)(F)C1CC(Cc2ccccc2)C1. The fourth-order valence-electron chi connectivity index (χ4n) is 2.02. The maximum Gasteiger partial charge on any atom is 0.305 e. The van der Waals surface area contributed by atoms with E-state index in [-0.39, 0.29) is 0 Å². The molecule has 0 spiro atoms. The van der Waals surface area contributed by atoms with E-state index in [0.29, 0.717) is 18.8 Å². The standard InChI is InChI=1S/C11H13FO2S/c12-15(13,14)11-7-10(8-11)6-9-4-2-1-3-5-9/h1-5,10-11H,6-8H2. The van der Waals surface area contributed by atoms with Crippen molar-refractivity contribution in [2.24, 2.45) is 5.92 Å². The van der Waals surface area contributed by atoms with Crippen molar-refractivity contribution < 1.29 is 12.3 Å². The molecule has 2 nitrogen and oxygen atoms in total. The molecule has 1 aliphatic carbocycles. The predicted octanol–water partition coefficient (Wildman–Crippen LogP) is 2.31. The van der Waals surface area contributed by atoms with Crippen LogP contribution in [-0.2, 0) is 16.6 Å². The minimum Gasteiger partial charge on any atom is -0.195 e. The average Bonchev–Trinajstić information content (AvgIpc) is 2.10. The number of halogens is 1. The Morgan fingerprint density at radius 2 is 1.80 bits per heavy atom. The zero-order valence-corrected chi connectivity index (χ0v) is 9.08. The molecular weight excluding hydrogens is 215 g/mol. The lowest BCUT2D eigenvalue weighted by atomic mass is 9.80. The second kappa shape index (κ2) is 3.93. The van der Waals surface area contributed by atoms with Gasteiger partial charge in [-0.15, -0.1) is 3.89 Å². The van der Waals surface area contributed by atoms with Crippen LogP contribution in [0.5, 0.6) is 0 Å². The first-order valence-corrected chi connectivity index (χ1v) is 6.48. The Balaban J connectivity index is 1.87. The van der Waals surface area contributed by atoms with Crippen molar-refractivity contribution in [3.8, 4) is 0 Å². The number of benzene rings is 1. The molecule has 1 aliphatic rings. The van der Waals surface area contributed by atoms with Crippen LogP contribution in [0.3, 0.4) is 0 Å². The second-order valence-corrected chi connectivity index (χ2v) is 5.74. The fraction of sp³-hybridized carbons (Fsp3) is 0.455. The van der Waals surface area contributed by atoms with E-state index in [4.69, 9.17) is 0 Å². The highest BCUT2D eigenvalue weighted by molar-refractivity contribution is 7.87. The summed E-state index contributed by atoms with van der Waals surface area (Å²) in [6.45, 7) is 0. The van der Waals surface area contributed by atoms with E-state index < -0.39 is 15.5 Å². The normalized spacial score (nSPS) is 25.9. The maximum absolute atomic E-state index is 12.5. The molecule has 0 radical (unpaired) electrons. The van der Waals surface area contributed by atoms with Crippen LogP contribution in [0.25, 0.3) is 0 Å². The third-order valence-electron chi connectivity index (χ3n) is 2.96. The van der Waals surface area contributed by atoms with Gasteiger partial charge in [-0.1, -0.05) is 30.3 Å². The van der Waals surface area contributed by atoms with E-state index in [1.165, 1.54) is 5.56 Å². The average molecular weight is 228 g/mol. The van der Waals surface area contributed by atoms with Crippen molar-refractivity contribution in [1.82, 2.24) is 0 Å². The lowest BCUT2D eigenvalue weighted by molar-refractivity contribution is 0.307. The molecule has 4 heteroatoms. The molecule has 0 aromatic heterocycles. The highest BCUT2D eigenvalue weighted by atomic mass is 32.3. The molecular formula is C11H13FO2S. The lowest BCUT2D eigenvalue weighted by Crippen LogP contribution is -2.34. The fourth-order valence-corrected chi connectivity index (χ4v) is 3.02. The monoisotopic (exact) mass is 228 g/mol. The Kier molecular flexibility index (Phi) is 2.78. The summed E-state index contributed by atoms with van der Waals surface area (Å²) >= 11 is 0. The smallest absolute Gasteiger partial charge is 0.195 e. The molecule has 1 aromatic rings. The summed E-state index contributed by atoms with van der Waals surface area (Å²) in [5, 5.41) is -0.744. The van der Waals surface area contributed by atoms with Crippen LogP contribution < -0.4 is 0 Å². The first-order chi connectivity index (χ1) is 7.05. The molecule has 15 heavy (non-hydrogen) atoms. The molecule has 0 N–H and O–H groups in total. The van der Waals surface area contributed by atoms with E-state index in [1.54, 1.807) is 0 Å². The molecule has 2 rings (SSSR count). The largest absolute Gasteiger partial charge is 0.305 e. The number of hydrogen-bond acceptors (Lipinski definition) is 2. The van der Waals surface area contributed by atoms with Gasteiger partial charge in [-0.25, -0.2) is 0 Å². The summed E-state index contributed by atoms with van der Waals surface area (Å²) in [6, 6.07) is 9.88. The summed E-state index contributed by atoms with van der Waals surface area (Å²) in [6.07, 6.45) is 1.79. The molecule has 0 bridgehead atoms. The van der Waals surface area contributed by atoms with Gasteiger partial charge < -0.3 is 0 Å². The van der Waals surface area contributed by atoms with Gasteiger partial charge in [-0.05, 0) is 30.7 Å². The van der Waals surface area contributed by atoms with Crippen LogP contribution in [0.2, 0.25) is 0 Å². The van der Waals surface area contributed by atoms with Crippen molar-refractivity contribution in [1.29, 1.82) is 0 Å². The van der Waals surface area contributed by atoms with Crippen LogP contribution in [-0.4, -0.2) is 13.7 Å². The quantitative estimate of drug-likeness (QED) is 0.744. The summed E-state index contributed by atoms with van der Waals surface area (Å²) in [4.78, 5) is 0. The van der Waals surface area contributed by atoms with E-state index in [9.17, 15) is 12.3 Å². The van der Waals surface area contributed by atoms with Crippen LogP contribution in [0, 0.1) is 5.92 Å². The van der Waals surface area contributed by atoms with Crippen molar-refractivity contribution in [3.05, 3.63) is 35.9 Å². The maximum atomic E-state index is 12.5. The van der Waals surface area contributed by atoms with Gasteiger partial charge in [-0.3, -0.25) is 0 Å². The molecule has 0 saturated heterocycles. The van der Waals surface area contributed by atoms with E-state index in [2.05, 4.69) is 0 Å². The van der Waals surface area contributed by atoms with E-state index in [1.807, 2.05) is 30.3 Å². The zero-order valence-electron chi connectivity index (χ0n) is 8.27. The zero-order chi connectivity index (χ0) is 10.9. The predicted molar refractivity (Wildman–Crippen MR) is 56.7 cm³/mol. The highest BCUT2D eigenvalue weighted by Gasteiger charge is 2.38. The van der Waals surface area contributed by atoms with Crippen LogP contribution >= 0.6 is 0 Å². The van der Waals surface area contributed by atoms with Gasteiger partial charge in [0.15, 0.2) is 0 Å². The minimum absolute atomic E-state index is 0.322. The van der Waals surface area contributed by atoms with E-state index >= 15 is 0 Å². The summed E-state index contributed by atoms with van der Waals surface area (Å²) in [7, 11) is -4.29. The molecule has 1 fully saturated rings. The van der Waals surface area contributed by atoms with Gasteiger partial charge in [0, 0.05) is 0 Å². The van der Waals surface area contributed by atoms with Gasteiger partial charge in [0.05, 0.1) is 5.25 Å². The molecule has 1 aromatic carbocycles. The topological polar surface area (TPSA) is 34.1 Å². The molecule has 0 amide bonds. The Hall–Kier alpha value is -0.900. The Bertz CT molecular complexity index is 421. The molecule has 0 aliphatic heterocycles. The Morgan fingerprint density at radius 3 is 2.33 bits per heavy atom. The van der Waals surface area contributed by atoms with E-state index in [0.717, 1.165) is 6.42 Å². The van der Waals surface area contributed by atoms with Crippen LogP contribution in [0.1, 0.15) is 18.4 Å². The summed E-state index contributed by atoms with van der Waals surface area (Å²) in [5.41, 5.74) is 1.19. The van der Waals surface area contributed by atoms with Crippen LogP contribution in [0.4, 0.5) is 3.89 Å². The molecule has 0 heterocycles. The summed E-state index contributed by atoms with van der Waals surface area (Å²) < 4.78 is 33.6. The van der Waals surface area contributed by atoms with Crippen molar-refractivity contribution in [2.75, 3.05) is 0 Å². The van der Waals surface area contributed by atoms with Crippen molar-refractivity contribution in [3.63, 3.8) is 0 Å². The van der Waals surface area contributed by atoms with Gasteiger partial charge in [0.2, 0.25) is 0 Å². The lowest BCUT2D eigenvalue weighted by Gasteiger charge is -2.32. The molecule has 1 saturated carbocycles.